The van der Waals surface area contributed by atoms with Crippen LogP contribution in [-0.4, -0.2) is 32.1 Å². The summed E-state index contributed by atoms with van der Waals surface area (Å²) in [7, 11) is 3.85. The normalized spacial score (nSPS) is 12.3. The summed E-state index contributed by atoms with van der Waals surface area (Å²) in [5.74, 6) is 0.715. The van der Waals surface area contributed by atoms with Gasteiger partial charge in [0.1, 0.15) is 0 Å². The Labute approximate surface area is 73.9 Å². The highest BCUT2D eigenvalue weighted by Crippen LogP contribution is 1.91. The van der Waals surface area contributed by atoms with Crippen molar-refractivity contribution in [1.82, 2.24) is 10.2 Å². The molecule has 0 heterocycles. The zero-order valence-corrected chi connectivity index (χ0v) is 7.75. The molecule has 0 aliphatic rings. The summed E-state index contributed by atoms with van der Waals surface area (Å²) in [5, 5.41) is 3.04. The number of nitrogens with zero attached hydrogens (tertiary/aromatic N) is 1. The van der Waals surface area contributed by atoms with Gasteiger partial charge in [-0.25, -0.2) is 0 Å². The fourth-order valence-corrected chi connectivity index (χ4v) is 0.690. The molecule has 0 atom stereocenters. The predicted molar refractivity (Wildman–Crippen MR) is 52.2 cm³/mol. The first-order valence-corrected chi connectivity index (χ1v) is 3.92. The molecule has 0 saturated carbocycles. The number of nitrogens with two attached hydrogens (primary N) is 2. The van der Waals surface area contributed by atoms with Crippen molar-refractivity contribution in [2.24, 2.45) is 11.5 Å². The fourth-order valence-electron chi connectivity index (χ4n) is 0.690. The van der Waals surface area contributed by atoms with Gasteiger partial charge in [-0.3, -0.25) is 0 Å². The molecular weight excluding hydrogens is 152 g/mol. The lowest BCUT2D eigenvalue weighted by molar-refractivity contribution is 0.411. The van der Waals surface area contributed by atoms with Crippen LogP contribution in [0.5, 0.6) is 0 Å². The highest BCUT2D eigenvalue weighted by Gasteiger charge is 1.95. The second kappa shape index (κ2) is 6.54. The Bertz CT molecular complexity index is 162. The zero-order chi connectivity index (χ0) is 9.40. The monoisotopic (exact) mass is 170 g/mol. The molecule has 0 aromatic heterocycles. The lowest BCUT2D eigenvalue weighted by Gasteiger charge is -2.18. The number of rotatable bonds is 5. The van der Waals surface area contributed by atoms with Crippen LogP contribution in [0.25, 0.3) is 0 Å². The maximum Gasteiger partial charge on any atom is 0.0984 e. The second-order valence-electron chi connectivity index (χ2n) is 2.50. The molecule has 0 bridgehead atoms. The van der Waals surface area contributed by atoms with E-state index >= 15 is 0 Å². The summed E-state index contributed by atoms with van der Waals surface area (Å²) in [6.45, 7) is 1.80. The molecule has 0 fully saturated rings. The van der Waals surface area contributed by atoms with Crippen LogP contribution in [0, 0.1) is 0 Å². The van der Waals surface area contributed by atoms with Crippen LogP contribution in [0.3, 0.4) is 0 Å². The molecule has 0 spiro atoms. The minimum absolute atomic E-state index is 0.715. The number of hydrogen-bond acceptors (Lipinski definition) is 4. The second-order valence-corrected chi connectivity index (χ2v) is 2.50. The SMILES string of the molecule is CNCCN(C)/C(N)=C/C=C\N. The smallest absolute Gasteiger partial charge is 0.0984 e. The summed E-state index contributed by atoms with van der Waals surface area (Å²) in [6.07, 6.45) is 4.94. The first kappa shape index (κ1) is 10.8. The molecule has 4 nitrogen and oxygen atoms in total. The fraction of sp³-hybridized carbons (Fsp3) is 0.500. The molecule has 12 heavy (non-hydrogen) atoms. The average Bonchev–Trinajstić information content (AvgIpc) is 2.10. The first-order valence-electron chi connectivity index (χ1n) is 3.92. The molecule has 0 amide bonds. The van der Waals surface area contributed by atoms with Crippen molar-refractivity contribution in [3.8, 4) is 0 Å². The van der Waals surface area contributed by atoms with E-state index in [1.165, 1.54) is 6.20 Å². The van der Waals surface area contributed by atoms with Crippen LogP contribution < -0.4 is 16.8 Å². The molecule has 0 aromatic rings. The van der Waals surface area contributed by atoms with Gasteiger partial charge in [-0.1, -0.05) is 0 Å². The van der Waals surface area contributed by atoms with Gasteiger partial charge in [0.05, 0.1) is 5.82 Å². The van der Waals surface area contributed by atoms with Crippen LogP contribution in [0.2, 0.25) is 0 Å². The van der Waals surface area contributed by atoms with E-state index in [2.05, 4.69) is 5.32 Å². The summed E-state index contributed by atoms with van der Waals surface area (Å²) in [4.78, 5) is 1.95. The summed E-state index contributed by atoms with van der Waals surface area (Å²) < 4.78 is 0. The van der Waals surface area contributed by atoms with Crippen molar-refractivity contribution < 1.29 is 0 Å². The zero-order valence-electron chi connectivity index (χ0n) is 7.75. The van der Waals surface area contributed by atoms with Gasteiger partial charge in [0.2, 0.25) is 0 Å². The number of nitrogens with one attached hydrogen (secondary N) is 1. The molecule has 70 valence electrons. The van der Waals surface area contributed by atoms with Gasteiger partial charge in [0.25, 0.3) is 0 Å². The molecule has 0 unspecified atom stereocenters. The van der Waals surface area contributed by atoms with Gasteiger partial charge in [-0.2, -0.15) is 0 Å². The van der Waals surface area contributed by atoms with Gasteiger partial charge < -0.3 is 21.7 Å². The lowest BCUT2D eigenvalue weighted by atomic mass is 10.4. The third kappa shape index (κ3) is 4.62. The molecule has 4 heteroatoms. The van der Waals surface area contributed by atoms with Gasteiger partial charge >= 0.3 is 0 Å². The largest absolute Gasteiger partial charge is 0.405 e. The Morgan fingerprint density at radius 3 is 2.75 bits per heavy atom. The van der Waals surface area contributed by atoms with Crippen molar-refractivity contribution in [2.75, 3.05) is 27.2 Å². The van der Waals surface area contributed by atoms with Crippen molar-refractivity contribution >= 4 is 0 Å². The van der Waals surface area contributed by atoms with E-state index in [-0.39, 0.29) is 0 Å². The van der Waals surface area contributed by atoms with E-state index in [4.69, 9.17) is 11.5 Å². The van der Waals surface area contributed by atoms with Crippen LogP contribution in [0.1, 0.15) is 0 Å². The molecule has 0 aromatic carbocycles. The van der Waals surface area contributed by atoms with E-state index in [0.717, 1.165) is 13.1 Å². The van der Waals surface area contributed by atoms with Crippen molar-refractivity contribution in [3.63, 3.8) is 0 Å². The van der Waals surface area contributed by atoms with Gasteiger partial charge in [0.15, 0.2) is 0 Å². The maximum atomic E-state index is 5.70. The van der Waals surface area contributed by atoms with Crippen LogP contribution in [0.15, 0.2) is 24.2 Å². The first-order chi connectivity index (χ1) is 5.72. The lowest BCUT2D eigenvalue weighted by Crippen LogP contribution is -2.30. The molecule has 0 saturated heterocycles. The number of allylic oxidation sites excluding steroid dienone is 2. The minimum Gasteiger partial charge on any atom is -0.405 e. The van der Waals surface area contributed by atoms with Crippen molar-refractivity contribution in [2.45, 2.75) is 0 Å². The molecular formula is C8H18N4. The highest BCUT2D eigenvalue weighted by molar-refractivity contribution is 5.07. The minimum atomic E-state index is 0.715. The topological polar surface area (TPSA) is 67.3 Å². The van der Waals surface area contributed by atoms with Gasteiger partial charge in [-0.05, 0) is 25.4 Å². The van der Waals surface area contributed by atoms with E-state index in [9.17, 15) is 0 Å². The Balaban J connectivity index is 3.82. The average molecular weight is 170 g/mol. The van der Waals surface area contributed by atoms with E-state index < -0.39 is 0 Å². The Morgan fingerprint density at radius 1 is 1.58 bits per heavy atom. The third-order valence-corrected chi connectivity index (χ3v) is 1.52. The van der Waals surface area contributed by atoms with E-state index in [1.54, 1.807) is 12.2 Å². The molecule has 0 aliphatic heterocycles. The van der Waals surface area contributed by atoms with Gasteiger partial charge in [-0.15, -0.1) is 0 Å². The maximum absolute atomic E-state index is 5.70. The van der Waals surface area contributed by atoms with Gasteiger partial charge in [0, 0.05) is 20.1 Å². The van der Waals surface area contributed by atoms with E-state index in [1.807, 2.05) is 19.0 Å². The van der Waals surface area contributed by atoms with Crippen molar-refractivity contribution in [3.05, 3.63) is 24.2 Å². The predicted octanol–water partition coefficient (Wildman–Crippen LogP) is -0.590. The molecule has 0 aliphatic carbocycles. The quantitative estimate of drug-likeness (QED) is 0.482. The summed E-state index contributed by atoms with van der Waals surface area (Å²) >= 11 is 0. The molecule has 5 N–H and O–H groups in total. The van der Waals surface area contributed by atoms with Crippen LogP contribution in [0.4, 0.5) is 0 Å². The Hall–Kier alpha value is -1.16. The van der Waals surface area contributed by atoms with E-state index in [0.29, 0.717) is 5.82 Å². The molecule has 0 rings (SSSR count). The standard InChI is InChI=1S/C8H18N4/c1-11-6-7-12(2)8(10)4-3-5-9/h3-5,11H,6-7,9-10H2,1-2H3/b5-3-,8-4+. The Morgan fingerprint density at radius 2 is 2.25 bits per heavy atom. The third-order valence-electron chi connectivity index (χ3n) is 1.52. The van der Waals surface area contributed by atoms with Crippen LogP contribution >= 0.6 is 0 Å². The van der Waals surface area contributed by atoms with Crippen LogP contribution in [-0.2, 0) is 0 Å². The Kier molecular flexibility index (Phi) is 5.91. The summed E-state index contributed by atoms with van der Waals surface area (Å²) in [5.41, 5.74) is 10.9. The number of likely N-dealkylation sites (N-methyl/N-ethyl adjacent to an activating group) is 2. The highest BCUT2D eigenvalue weighted by atomic mass is 15.2. The molecule has 0 radical (unpaired) electrons. The number of hydrogen-bond donors (Lipinski definition) is 3. The van der Waals surface area contributed by atoms with Crippen molar-refractivity contribution in [1.29, 1.82) is 0 Å². The summed E-state index contributed by atoms with van der Waals surface area (Å²) in [6, 6.07) is 0.